The molecule has 0 fully saturated rings. The molecule has 0 saturated heterocycles. The van der Waals surface area contributed by atoms with Crippen molar-refractivity contribution >= 4 is 40.7 Å². The Morgan fingerprint density at radius 2 is 0.870 bits per heavy atom. The minimum Gasteiger partial charge on any atom is -0.307 e. The van der Waals surface area contributed by atoms with Gasteiger partial charge >= 0.3 is 0 Å². The number of carbonyl (C=O) groups excluding carboxylic acids is 6. The third kappa shape index (κ3) is 22.6. The average Bonchev–Trinajstić information content (AvgIpc) is 2.80. The van der Waals surface area contributed by atoms with E-state index in [2.05, 4.69) is 40.7 Å². The van der Waals surface area contributed by atoms with Gasteiger partial charge in [-0.2, -0.15) is 11.1 Å². The number of hydrogen-bond donors (Lipinski definition) is 0. The van der Waals surface area contributed by atoms with Gasteiger partial charge in [-0.05, 0) is 0 Å². The van der Waals surface area contributed by atoms with E-state index in [1.807, 2.05) is 40.7 Å². The van der Waals surface area contributed by atoms with E-state index in [4.69, 9.17) is 28.8 Å². The van der Waals surface area contributed by atoms with Crippen molar-refractivity contribution in [2.24, 2.45) is 5.41 Å². The second kappa shape index (κ2) is 36.9. The van der Waals surface area contributed by atoms with E-state index in [0.29, 0.717) is 0 Å². The molecule has 134 valence electrons. The van der Waals surface area contributed by atoms with Crippen LogP contribution in [0.25, 0.3) is 0 Å². The zero-order valence-corrected chi connectivity index (χ0v) is 16.6. The fourth-order valence-corrected chi connectivity index (χ4v) is 1.41. The number of allylic oxidation sites excluding steroid dienone is 4. The second-order valence-corrected chi connectivity index (χ2v) is 3.62. The van der Waals surface area contributed by atoms with Gasteiger partial charge in [0.1, 0.15) is 40.7 Å². The summed E-state index contributed by atoms with van der Waals surface area (Å²) in [6.07, 6.45) is 3.44. The van der Waals surface area contributed by atoms with Crippen molar-refractivity contribution < 1.29 is 49.8 Å². The monoisotopic (exact) mass is 413 g/mol. The summed E-state index contributed by atoms with van der Waals surface area (Å²) in [6.45, 7) is 22.9. The van der Waals surface area contributed by atoms with Gasteiger partial charge in [0.2, 0.25) is 0 Å². The molecule has 0 bridgehead atoms. The van der Waals surface area contributed by atoms with Crippen molar-refractivity contribution in [3.05, 3.63) is 22.8 Å². The van der Waals surface area contributed by atoms with Gasteiger partial charge in [-0.15, -0.1) is 6.92 Å². The smallest absolute Gasteiger partial charge is 0.106 e. The van der Waals surface area contributed by atoms with Crippen molar-refractivity contribution in [1.82, 2.24) is 0 Å². The molecule has 0 N–H and O–H groups in total. The predicted octanol–water partition coefficient (Wildman–Crippen LogP) is 2.00. The zero-order valence-electron chi connectivity index (χ0n) is 14.6. The minimum atomic E-state index is 0. The molecule has 6 nitrogen and oxygen atoms in total. The van der Waals surface area contributed by atoms with Crippen LogP contribution in [0, 0.1) is 11.5 Å². The normalized spacial score (nSPS) is 11.3. The van der Waals surface area contributed by atoms with Crippen molar-refractivity contribution in [3.63, 3.8) is 0 Å². The van der Waals surface area contributed by atoms with Crippen LogP contribution in [0.3, 0.4) is 0 Å². The predicted molar refractivity (Wildman–Crippen MR) is 87.3 cm³/mol. The van der Waals surface area contributed by atoms with Crippen molar-refractivity contribution in [3.8, 4) is 0 Å². The summed E-state index contributed by atoms with van der Waals surface area (Å²) in [5.41, 5.74) is 4.39. The second-order valence-electron chi connectivity index (χ2n) is 3.62. The van der Waals surface area contributed by atoms with E-state index >= 15 is 0 Å². The summed E-state index contributed by atoms with van der Waals surface area (Å²) in [5, 5.41) is 0. The fourth-order valence-electron chi connectivity index (χ4n) is 1.41. The molecule has 0 aromatic heterocycles. The Balaban J connectivity index is -0.0000000338. The summed E-state index contributed by atoms with van der Waals surface area (Å²) < 4.78 is 0. The van der Waals surface area contributed by atoms with Gasteiger partial charge in [-0.1, -0.05) is 33.1 Å². The molecule has 1 aliphatic rings. The average molecular weight is 411 g/mol. The molecule has 1 aliphatic carbocycles. The molecule has 0 spiro atoms. The standard InChI is InChI=1S/C10H15.6CH2O.Mo/c1-7-6-10(4,5)9(3)8(7)2;6*1-2;/h1-5H3;6*1H2;/q-1;;;;;;;. The maximum Gasteiger partial charge on any atom is 0.106 e. The van der Waals surface area contributed by atoms with Gasteiger partial charge in [-0.3, -0.25) is 6.08 Å². The van der Waals surface area contributed by atoms with Gasteiger partial charge in [0.05, 0.1) is 0 Å². The summed E-state index contributed by atoms with van der Waals surface area (Å²) in [6, 6.07) is 0. The van der Waals surface area contributed by atoms with E-state index in [1.54, 1.807) is 0 Å². The van der Waals surface area contributed by atoms with Gasteiger partial charge in [0.25, 0.3) is 0 Å². The molecule has 0 heterocycles. The molecule has 0 aliphatic heterocycles. The molecule has 0 atom stereocenters. The molecule has 0 unspecified atom stereocenters. The van der Waals surface area contributed by atoms with Crippen LogP contribution in [0.4, 0.5) is 0 Å². The van der Waals surface area contributed by atoms with E-state index in [-0.39, 0.29) is 26.5 Å². The first-order chi connectivity index (χ1) is 10.4. The van der Waals surface area contributed by atoms with E-state index in [1.165, 1.54) is 16.7 Å². The maximum atomic E-state index is 8.00. The Morgan fingerprint density at radius 1 is 0.652 bits per heavy atom. The molecule has 0 saturated carbocycles. The molecule has 1 rings (SSSR count). The minimum absolute atomic E-state index is 0. The number of rotatable bonds is 0. The SMILES string of the molecule is C=O.C=O.C=O.C=O.C=O.C=O.CC1=[C-]C(C)(C)C(C)=C1C.[Mo]. The number of carbonyl (C=O) groups is 6. The van der Waals surface area contributed by atoms with Crippen LogP contribution in [0.2, 0.25) is 0 Å². The molecular formula is C16H27MoO6-. The van der Waals surface area contributed by atoms with Crippen molar-refractivity contribution in [2.45, 2.75) is 34.6 Å². The molecule has 0 radical (unpaired) electrons. The van der Waals surface area contributed by atoms with Crippen molar-refractivity contribution in [1.29, 1.82) is 0 Å². The number of hydrogen-bond acceptors (Lipinski definition) is 6. The first kappa shape index (κ1) is 42.9. The Hall–Kier alpha value is -1.81. The molecule has 0 amide bonds. The Morgan fingerprint density at radius 3 is 0.913 bits per heavy atom. The Kier molecular flexibility index (Phi) is 68.9. The van der Waals surface area contributed by atoms with Crippen LogP contribution >= 0.6 is 0 Å². The van der Waals surface area contributed by atoms with Crippen LogP contribution in [-0.2, 0) is 49.8 Å². The molecule has 23 heavy (non-hydrogen) atoms. The summed E-state index contributed by atoms with van der Waals surface area (Å²) >= 11 is 0. The van der Waals surface area contributed by atoms with Crippen LogP contribution in [0.5, 0.6) is 0 Å². The molecular weight excluding hydrogens is 384 g/mol. The third-order valence-electron chi connectivity index (χ3n) is 2.56. The van der Waals surface area contributed by atoms with Crippen LogP contribution < -0.4 is 0 Å². The summed E-state index contributed by atoms with van der Waals surface area (Å²) in [4.78, 5) is 48.0. The summed E-state index contributed by atoms with van der Waals surface area (Å²) in [5.74, 6) is 0. The molecule has 0 aromatic rings. The van der Waals surface area contributed by atoms with Gasteiger partial charge < -0.3 is 28.8 Å². The molecule has 7 heteroatoms. The topological polar surface area (TPSA) is 102 Å². The zero-order chi connectivity index (χ0) is 19.9. The van der Waals surface area contributed by atoms with E-state index in [9.17, 15) is 0 Å². The van der Waals surface area contributed by atoms with Gasteiger partial charge in [0.15, 0.2) is 0 Å². The van der Waals surface area contributed by atoms with E-state index < -0.39 is 0 Å². The summed E-state index contributed by atoms with van der Waals surface area (Å²) in [7, 11) is 0. The maximum absolute atomic E-state index is 8.00. The van der Waals surface area contributed by atoms with Crippen LogP contribution in [0.1, 0.15) is 34.6 Å². The Labute approximate surface area is 153 Å². The van der Waals surface area contributed by atoms with Gasteiger partial charge in [-0.25, -0.2) is 5.57 Å². The quantitative estimate of drug-likeness (QED) is 0.446. The van der Waals surface area contributed by atoms with Crippen LogP contribution in [0.15, 0.2) is 16.7 Å². The van der Waals surface area contributed by atoms with Crippen molar-refractivity contribution in [2.75, 3.05) is 0 Å². The Bertz CT molecular complexity index is 298. The first-order valence-corrected chi connectivity index (χ1v) is 5.48. The van der Waals surface area contributed by atoms with E-state index in [0.717, 1.165) is 0 Å². The molecule has 0 aromatic carbocycles. The van der Waals surface area contributed by atoms with Gasteiger partial charge in [0, 0.05) is 21.1 Å². The largest absolute Gasteiger partial charge is 0.307 e. The van der Waals surface area contributed by atoms with Crippen LogP contribution in [-0.4, -0.2) is 40.7 Å². The first-order valence-electron chi connectivity index (χ1n) is 5.48. The third-order valence-corrected chi connectivity index (χ3v) is 2.56. The fraction of sp³-hybridized carbons (Fsp3) is 0.375.